The van der Waals surface area contributed by atoms with Gasteiger partial charge in [-0.3, -0.25) is 9.52 Å². The molecule has 0 fully saturated rings. The van der Waals surface area contributed by atoms with Crippen molar-refractivity contribution in [1.29, 1.82) is 0 Å². The lowest BCUT2D eigenvalue weighted by Gasteiger charge is -2.17. The van der Waals surface area contributed by atoms with Crippen molar-refractivity contribution < 1.29 is 17.9 Å². The van der Waals surface area contributed by atoms with Crippen LogP contribution in [0.5, 0.6) is 5.75 Å². The Hall–Kier alpha value is -2.84. The van der Waals surface area contributed by atoms with Gasteiger partial charge in [0.2, 0.25) is 0 Å². The predicted octanol–water partition coefficient (Wildman–Crippen LogP) is 4.79. The molecule has 1 aromatic heterocycles. The van der Waals surface area contributed by atoms with Crippen LogP contribution in [-0.2, 0) is 16.4 Å². The van der Waals surface area contributed by atoms with Gasteiger partial charge in [-0.05, 0) is 71.8 Å². The van der Waals surface area contributed by atoms with Crippen LogP contribution in [0.2, 0.25) is 0 Å². The average Bonchev–Trinajstić information content (AvgIpc) is 3.42. The van der Waals surface area contributed by atoms with Crippen molar-refractivity contribution in [3.63, 3.8) is 0 Å². The van der Waals surface area contributed by atoms with Gasteiger partial charge in [0.05, 0.1) is 16.4 Å². The first-order valence-electron chi connectivity index (χ1n) is 10.1. The molecule has 162 valence electrons. The van der Waals surface area contributed by atoms with Crippen molar-refractivity contribution in [2.24, 2.45) is 5.92 Å². The van der Waals surface area contributed by atoms with Crippen LogP contribution in [0, 0.1) is 5.92 Å². The molecule has 0 saturated heterocycles. The Morgan fingerprint density at radius 3 is 2.61 bits per heavy atom. The van der Waals surface area contributed by atoms with E-state index in [4.69, 9.17) is 4.74 Å². The summed E-state index contributed by atoms with van der Waals surface area (Å²) in [6.45, 7) is 5.26. The molecule has 1 aliphatic heterocycles. The molecule has 4 rings (SSSR count). The third-order valence-electron chi connectivity index (χ3n) is 4.92. The van der Waals surface area contributed by atoms with Gasteiger partial charge in [-0.1, -0.05) is 19.9 Å². The van der Waals surface area contributed by atoms with Gasteiger partial charge in [-0.15, -0.1) is 11.3 Å². The molecule has 8 heteroatoms. The molecule has 31 heavy (non-hydrogen) atoms. The van der Waals surface area contributed by atoms with Gasteiger partial charge in [0.25, 0.3) is 15.9 Å². The van der Waals surface area contributed by atoms with E-state index in [1.54, 1.807) is 35.2 Å². The maximum absolute atomic E-state index is 12.8. The highest BCUT2D eigenvalue weighted by Gasteiger charge is 2.26. The highest BCUT2D eigenvalue weighted by molar-refractivity contribution is 7.92. The van der Waals surface area contributed by atoms with Crippen molar-refractivity contribution in [3.8, 4) is 5.75 Å². The normalized spacial score (nSPS) is 13.3. The monoisotopic (exact) mass is 456 g/mol. The predicted molar refractivity (Wildman–Crippen MR) is 124 cm³/mol. The zero-order chi connectivity index (χ0) is 22.0. The minimum atomic E-state index is -3.73. The van der Waals surface area contributed by atoms with Gasteiger partial charge >= 0.3 is 0 Å². The number of nitrogens with one attached hydrogen (secondary N) is 1. The molecule has 0 aliphatic carbocycles. The number of thiophene rings is 1. The SMILES string of the molecule is CC(C)COc1ccc(S(=O)(=O)Nc2ccc3c(c2)CCN3C(=O)c2cccs2)cc1. The van der Waals surface area contributed by atoms with Gasteiger partial charge in [-0.25, -0.2) is 8.42 Å². The van der Waals surface area contributed by atoms with Crippen LogP contribution >= 0.6 is 11.3 Å². The number of carbonyl (C=O) groups is 1. The molecule has 2 aromatic carbocycles. The number of anilines is 2. The Morgan fingerprint density at radius 1 is 1.16 bits per heavy atom. The number of sulfonamides is 1. The topological polar surface area (TPSA) is 75.7 Å². The van der Waals surface area contributed by atoms with Crippen molar-refractivity contribution in [1.82, 2.24) is 0 Å². The number of hydrogen-bond donors (Lipinski definition) is 1. The van der Waals surface area contributed by atoms with Crippen LogP contribution in [0.4, 0.5) is 11.4 Å². The molecule has 0 spiro atoms. The summed E-state index contributed by atoms with van der Waals surface area (Å²) in [7, 11) is -3.73. The average molecular weight is 457 g/mol. The Kier molecular flexibility index (Phi) is 6.02. The summed E-state index contributed by atoms with van der Waals surface area (Å²) in [5.74, 6) is 1.00. The number of amides is 1. The van der Waals surface area contributed by atoms with E-state index >= 15 is 0 Å². The van der Waals surface area contributed by atoms with Crippen molar-refractivity contribution >= 4 is 38.6 Å². The Morgan fingerprint density at radius 2 is 1.94 bits per heavy atom. The summed E-state index contributed by atoms with van der Waals surface area (Å²) in [5, 5.41) is 1.88. The summed E-state index contributed by atoms with van der Waals surface area (Å²) < 4.78 is 33.8. The Bertz CT molecular complexity index is 1170. The van der Waals surface area contributed by atoms with E-state index < -0.39 is 10.0 Å². The van der Waals surface area contributed by atoms with E-state index in [2.05, 4.69) is 18.6 Å². The molecule has 0 unspecified atom stereocenters. The second kappa shape index (κ2) is 8.72. The number of rotatable bonds is 7. The second-order valence-electron chi connectivity index (χ2n) is 7.81. The number of benzene rings is 2. The maximum Gasteiger partial charge on any atom is 0.268 e. The largest absolute Gasteiger partial charge is 0.493 e. The fourth-order valence-electron chi connectivity index (χ4n) is 3.40. The zero-order valence-corrected chi connectivity index (χ0v) is 19.0. The number of carbonyl (C=O) groups excluding carboxylic acids is 1. The van der Waals surface area contributed by atoms with Crippen LogP contribution in [0.15, 0.2) is 64.9 Å². The fourth-order valence-corrected chi connectivity index (χ4v) is 5.12. The van der Waals surface area contributed by atoms with Crippen molar-refractivity contribution in [2.45, 2.75) is 25.2 Å². The van der Waals surface area contributed by atoms with Crippen molar-refractivity contribution in [3.05, 3.63) is 70.4 Å². The second-order valence-corrected chi connectivity index (χ2v) is 10.4. The van der Waals surface area contributed by atoms with E-state index in [0.29, 0.717) is 41.8 Å². The smallest absolute Gasteiger partial charge is 0.268 e. The van der Waals surface area contributed by atoms with Crippen LogP contribution in [0.1, 0.15) is 29.1 Å². The minimum Gasteiger partial charge on any atom is -0.493 e. The van der Waals surface area contributed by atoms with Gasteiger partial charge in [0, 0.05) is 17.9 Å². The summed E-state index contributed by atoms with van der Waals surface area (Å²) in [6.07, 6.45) is 0.684. The molecule has 1 amide bonds. The first-order chi connectivity index (χ1) is 14.8. The number of fused-ring (bicyclic) bond motifs is 1. The molecule has 1 N–H and O–H groups in total. The Balaban J connectivity index is 1.48. The van der Waals surface area contributed by atoms with Crippen LogP contribution in [-0.4, -0.2) is 27.5 Å². The molecule has 0 saturated carbocycles. The highest BCUT2D eigenvalue weighted by Crippen LogP contribution is 2.33. The molecular weight excluding hydrogens is 432 g/mol. The van der Waals surface area contributed by atoms with Gasteiger partial charge in [0.15, 0.2) is 0 Å². The molecule has 0 atom stereocenters. The van der Waals surface area contributed by atoms with E-state index in [-0.39, 0.29) is 10.8 Å². The summed E-state index contributed by atoms with van der Waals surface area (Å²) in [6, 6.07) is 15.4. The lowest BCUT2D eigenvalue weighted by atomic mass is 10.1. The van der Waals surface area contributed by atoms with Crippen LogP contribution < -0.4 is 14.4 Å². The van der Waals surface area contributed by atoms with E-state index in [9.17, 15) is 13.2 Å². The third kappa shape index (κ3) is 4.75. The molecule has 2 heterocycles. The number of nitrogens with zero attached hydrogens (tertiary/aromatic N) is 1. The first kappa shape index (κ1) is 21.4. The molecule has 0 radical (unpaired) electrons. The maximum atomic E-state index is 12.8. The van der Waals surface area contributed by atoms with Gasteiger partial charge in [0.1, 0.15) is 5.75 Å². The van der Waals surface area contributed by atoms with Gasteiger partial charge in [-0.2, -0.15) is 0 Å². The molecule has 1 aliphatic rings. The third-order valence-corrected chi connectivity index (χ3v) is 7.18. The lowest BCUT2D eigenvalue weighted by molar-refractivity contribution is 0.0993. The summed E-state index contributed by atoms with van der Waals surface area (Å²) >= 11 is 1.41. The van der Waals surface area contributed by atoms with E-state index in [1.165, 1.54) is 23.5 Å². The number of ether oxygens (including phenoxy) is 1. The Labute approximate surface area is 186 Å². The lowest BCUT2D eigenvalue weighted by Crippen LogP contribution is -2.28. The zero-order valence-electron chi connectivity index (χ0n) is 17.4. The van der Waals surface area contributed by atoms with Gasteiger partial charge < -0.3 is 9.64 Å². The van der Waals surface area contributed by atoms with Crippen LogP contribution in [0.3, 0.4) is 0 Å². The first-order valence-corrected chi connectivity index (χ1v) is 12.4. The number of hydrogen-bond acceptors (Lipinski definition) is 5. The summed E-state index contributed by atoms with van der Waals surface area (Å²) in [4.78, 5) is 15.3. The molecule has 3 aromatic rings. The molecular formula is C23H24N2O4S2. The van der Waals surface area contributed by atoms with E-state index in [0.717, 1.165) is 11.3 Å². The highest BCUT2D eigenvalue weighted by atomic mass is 32.2. The van der Waals surface area contributed by atoms with E-state index in [1.807, 2.05) is 17.5 Å². The van der Waals surface area contributed by atoms with Crippen molar-refractivity contribution in [2.75, 3.05) is 22.8 Å². The fraction of sp³-hybridized carbons (Fsp3) is 0.261. The minimum absolute atomic E-state index is 0.0261. The quantitative estimate of drug-likeness (QED) is 0.555. The standard InChI is InChI=1S/C23H24N2O4S2/c1-16(2)15-29-19-6-8-20(9-7-19)31(27,28)24-18-5-10-21-17(14-18)11-12-25(21)23(26)22-4-3-13-30-22/h3-10,13-14,16,24H,11-12,15H2,1-2H3. The molecule has 0 bridgehead atoms. The molecule has 6 nitrogen and oxygen atoms in total. The summed E-state index contributed by atoms with van der Waals surface area (Å²) in [5.41, 5.74) is 2.25. The van der Waals surface area contributed by atoms with Crippen LogP contribution in [0.25, 0.3) is 0 Å².